The maximum Gasteiger partial charge on any atom is 0.330 e. The fraction of sp³-hybridized carbons (Fsp3) is 0.211. The Hall–Kier alpha value is -5.54. The van der Waals surface area contributed by atoms with Crippen LogP contribution in [0, 0.1) is 0 Å². The Balaban J connectivity index is 1.44. The van der Waals surface area contributed by atoms with Crippen LogP contribution in [0.4, 0.5) is 5.69 Å². The van der Waals surface area contributed by atoms with Crippen LogP contribution in [0.5, 0.6) is 0 Å². The van der Waals surface area contributed by atoms with E-state index in [2.05, 4.69) is 10.4 Å². The molecule has 0 saturated heterocycles. The Bertz CT molecular complexity index is 1860. The van der Waals surface area contributed by atoms with E-state index in [1.54, 1.807) is 11.0 Å². The van der Waals surface area contributed by atoms with Crippen molar-refractivity contribution >= 4 is 40.2 Å². The minimum atomic E-state index is -1.75. The normalized spacial score (nSPS) is 15.2. The van der Waals surface area contributed by atoms with Crippen LogP contribution in [-0.2, 0) is 33.6 Å². The highest BCUT2D eigenvalue weighted by atomic mass is 16.4. The predicted molar refractivity (Wildman–Crippen MR) is 180 cm³/mol. The Kier molecular flexibility index (Phi) is 9.26. The highest BCUT2D eigenvalue weighted by Crippen LogP contribution is 2.35. The minimum Gasteiger partial charge on any atom is -0.480 e. The van der Waals surface area contributed by atoms with Crippen LogP contribution in [0.1, 0.15) is 40.5 Å². The monoisotopic (exact) mass is 628 g/mol. The molecule has 2 unspecified atom stereocenters. The Labute approximate surface area is 272 Å². The summed E-state index contributed by atoms with van der Waals surface area (Å²) in [6, 6.07) is 33.1. The number of carboxylic acids is 1. The first-order valence-corrected chi connectivity index (χ1v) is 15.7. The number of ketones is 1. The molecule has 6 rings (SSSR count). The standard InChI is InChI=1S/C38H36N4O5/c1-25(43)35(38(46)47)40-42(36(44)32-24-28-16-8-10-18-31(28)39-32)34(21-20-26-12-4-2-5-13-26)37(45)41-30(22-27-14-6-3-7-15-27)23-29-17-9-11-19-33(29)41/h2-19,24,30,34-35,39-40H,20-23H2,1H3,(H,46,47)/t30?,34-,35?/m0/s1. The number of aromatic nitrogens is 1. The molecule has 4 aromatic carbocycles. The number of hydrogen-bond acceptors (Lipinski definition) is 5. The van der Waals surface area contributed by atoms with Gasteiger partial charge in [0.25, 0.3) is 11.8 Å². The number of hydrazine groups is 1. The molecule has 1 aliphatic heterocycles. The highest BCUT2D eigenvalue weighted by molar-refractivity contribution is 6.06. The molecule has 0 radical (unpaired) electrons. The zero-order valence-electron chi connectivity index (χ0n) is 26.0. The number of para-hydroxylation sites is 2. The zero-order valence-corrected chi connectivity index (χ0v) is 26.0. The summed E-state index contributed by atoms with van der Waals surface area (Å²) >= 11 is 0. The number of aliphatic carboxylic acids is 1. The van der Waals surface area contributed by atoms with Crippen molar-refractivity contribution in [1.82, 2.24) is 15.4 Å². The summed E-state index contributed by atoms with van der Waals surface area (Å²) in [6.45, 7) is 1.14. The van der Waals surface area contributed by atoms with E-state index >= 15 is 4.79 Å². The van der Waals surface area contributed by atoms with Gasteiger partial charge in [0, 0.05) is 22.6 Å². The van der Waals surface area contributed by atoms with Crippen molar-refractivity contribution in [1.29, 1.82) is 0 Å². The van der Waals surface area contributed by atoms with Gasteiger partial charge in [0.05, 0.1) is 0 Å². The van der Waals surface area contributed by atoms with E-state index in [1.165, 1.54) is 0 Å². The molecule has 2 amide bonds. The Morgan fingerprint density at radius 1 is 0.872 bits per heavy atom. The number of hydrogen-bond donors (Lipinski definition) is 3. The number of benzene rings is 4. The third-order valence-corrected chi connectivity index (χ3v) is 8.67. The lowest BCUT2D eigenvalue weighted by atomic mass is 10.00. The molecule has 2 heterocycles. The first kappa shape index (κ1) is 31.4. The van der Waals surface area contributed by atoms with Crippen LogP contribution in [0.25, 0.3) is 10.9 Å². The van der Waals surface area contributed by atoms with Gasteiger partial charge in [-0.25, -0.2) is 10.2 Å². The average Bonchev–Trinajstić information content (AvgIpc) is 3.68. The summed E-state index contributed by atoms with van der Waals surface area (Å²) in [5.41, 5.74) is 7.34. The first-order valence-electron chi connectivity index (χ1n) is 15.7. The van der Waals surface area contributed by atoms with Crippen LogP contribution < -0.4 is 10.3 Å². The summed E-state index contributed by atoms with van der Waals surface area (Å²) < 4.78 is 0. The molecule has 3 atom stereocenters. The van der Waals surface area contributed by atoms with Gasteiger partial charge in [0.15, 0.2) is 11.8 Å². The number of amides is 2. The molecule has 1 aromatic heterocycles. The average molecular weight is 629 g/mol. The van der Waals surface area contributed by atoms with Crippen LogP contribution in [0.2, 0.25) is 0 Å². The van der Waals surface area contributed by atoms with Gasteiger partial charge in [-0.1, -0.05) is 97.1 Å². The van der Waals surface area contributed by atoms with Crippen LogP contribution in [0.3, 0.4) is 0 Å². The molecular formula is C38H36N4O5. The summed E-state index contributed by atoms with van der Waals surface area (Å²) in [4.78, 5) is 59.2. The Morgan fingerprint density at radius 3 is 2.19 bits per heavy atom. The molecule has 0 bridgehead atoms. The molecule has 0 fully saturated rings. The number of nitrogens with zero attached hydrogens (tertiary/aromatic N) is 2. The van der Waals surface area contributed by atoms with E-state index in [-0.39, 0.29) is 24.1 Å². The molecule has 3 N–H and O–H groups in total. The number of anilines is 1. The summed E-state index contributed by atoms with van der Waals surface area (Å²) in [6.07, 6.45) is 1.80. The van der Waals surface area contributed by atoms with E-state index in [0.29, 0.717) is 24.8 Å². The second-order valence-corrected chi connectivity index (χ2v) is 11.9. The van der Waals surface area contributed by atoms with E-state index in [9.17, 15) is 19.5 Å². The summed E-state index contributed by atoms with van der Waals surface area (Å²) in [5.74, 6) is -3.16. The van der Waals surface area contributed by atoms with Gasteiger partial charge >= 0.3 is 5.97 Å². The topological polar surface area (TPSA) is 123 Å². The van der Waals surface area contributed by atoms with Crippen molar-refractivity contribution < 1.29 is 24.3 Å². The third kappa shape index (κ3) is 6.85. The first-order chi connectivity index (χ1) is 22.8. The van der Waals surface area contributed by atoms with Crippen LogP contribution >= 0.6 is 0 Å². The molecule has 0 saturated carbocycles. The fourth-order valence-corrected chi connectivity index (χ4v) is 6.35. The van der Waals surface area contributed by atoms with Crippen molar-refractivity contribution in [2.45, 2.75) is 50.7 Å². The molecule has 9 nitrogen and oxygen atoms in total. The lowest BCUT2D eigenvalue weighted by molar-refractivity contribution is -0.145. The van der Waals surface area contributed by atoms with Crippen LogP contribution in [0.15, 0.2) is 115 Å². The number of nitrogens with one attached hydrogen (secondary N) is 2. The van der Waals surface area contributed by atoms with Crippen molar-refractivity contribution in [2.75, 3.05) is 4.90 Å². The largest absolute Gasteiger partial charge is 0.480 e. The maximum atomic E-state index is 15.1. The number of fused-ring (bicyclic) bond motifs is 2. The van der Waals surface area contributed by atoms with E-state index in [0.717, 1.165) is 39.7 Å². The SMILES string of the molecule is CC(=O)C(NN(C(=O)c1cc2ccccc2[nH]1)[C@@H](CCc1ccccc1)C(=O)N1c2ccccc2CC1Cc1ccccc1)C(=O)O. The van der Waals surface area contributed by atoms with Gasteiger partial charge in [0.2, 0.25) is 0 Å². The Morgan fingerprint density at radius 2 is 1.51 bits per heavy atom. The smallest absolute Gasteiger partial charge is 0.330 e. The van der Waals surface area contributed by atoms with E-state index in [1.807, 2.05) is 109 Å². The second kappa shape index (κ2) is 13.8. The molecule has 9 heteroatoms. The maximum absolute atomic E-state index is 15.1. The van der Waals surface area contributed by atoms with E-state index in [4.69, 9.17) is 0 Å². The third-order valence-electron chi connectivity index (χ3n) is 8.67. The number of rotatable bonds is 12. The lowest BCUT2D eigenvalue weighted by Gasteiger charge is -2.37. The number of aromatic amines is 1. The van der Waals surface area contributed by atoms with Crippen molar-refractivity contribution in [3.05, 3.63) is 138 Å². The second-order valence-electron chi connectivity index (χ2n) is 11.9. The quantitative estimate of drug-likeness (QED) is 0.126. The molecule has 0 aliphatic carbocycles. The number of H-pyrrole nitrogens is 1. The van der Waals surface area contributed by atoms with Crippen molar-refractivity contribution in [3.63, 3.8) is 0 Å². The summed E-state index contributed by atoms with van der Waals surface area (Å²) in [7, 11) is 0. The summed E-state index contributed by atoms with van der Waals surface area (Å²) in [5, 5.41) is 11.9. The number of carbonyl (C=O) groups excluding carboxylic acids is 3. The minimum absolute atomic E-state index is 0.159. The van der Waals surface area contributed by atoms with Crippen molar-refractivity contribution in [2.24, 2.45) is 0 Å². The van der Waals surface area contributed by atoms with Gasteiger partial charge in [-0.15, -0.1) is 0 Å². The molecule has 0 spiro atoms. The number of Topliss-reactive ketones (excluding diaryl/α,β-unsaturated/α-hetero) is 1. The van der Waals surface area contributed by atoms with Gasteiger partial charge in [0.1, 0.15) is 11.7 Å². The molecule has 47 heavy (non-hydrogen) atoms. The number of carboxylic acid groups (broad SMARTS) is 1. The van der Waals surface area contributed by atoms with Gasteiger partial charge in [-0.05, 0) is 67.5 Å². The lowest BCUT2D eigenvalue weighted by Crippen LogP contribution is -2.62. The highest BCUT2D eigenvalue weighted by Gasteiger charge is 2.42. The number of carbonyl (C=O) groups is 4. The van der Waals surface area contributed by atoms with Gasteiger partial charge < -0.3 is 15.0 Å². The zero-order chi connectivity index (χ0) is 32.9. The van der Waals surface area contributed by atoms with Crippen molar-refractivity contribution in [3.8, 4) is 0 Å². The molecule has 5 aromatic rings. The van der Waals surface area contributed by atoms with Gasteiger partial charge in [-0.3, -0.25) is 19.4 Å². The molecular weight excluding hydrogens is 592 g/mol. The number of aryl methyl sites for hydroxylation is 1. The predicted octanol–water partition coefficient (Wildman–Crippen LogP) is 5.36. The fourth-order valence-electron chi connectivity index (χ4n) is 6.35. The van der Waals surface area contributed by atoms with Gasteiger partial charge in [-0.2, -0.15) is 0 Å². The molecule has 238 valence electrons. The molecule has 1 aliphatic rings. The van der Waals surface area contributed by atoms with E-state index < -0.39 is 29.7 Å². The van der Waals surface area contributed by atoms with Crippen LogP contribution in [-0.4, -0.2) is 56.8 Å².